The molecule has 0 fully saturated rings. The highest BCUT2D eigenvalue weighted by Gasteiger charge is 2.28. The molecule has 2 N–H and O–H groups in total. The first-order valence-corrected chi connectivity index (χ1v) is 14.5. The Hall–Kier alpha value is -3.61. The minimum absolute atomic E-state index is 0.0220. The van der Waals surface area contributed by atoms with E-state index in [2.05, 4.69) is 10.0 Å². The molecule has 0 aliphatic rings. The largest absolute Gasteiger partial charge is 0.495 e. The van der Waals surface area contributed by atoms with E-state index in [9.17, 15) is 21.6 Å². The fourth-order valence-electron chi connectivity index (χ4n) is 3.63. The maximum Gasteiger partial charge on any atom is 0.304 e. The molecular weight excluding hydrogens is 528 g/mol. The molecule has 12 heteroatoms. The first kappa shape index (κ1) is 29.0. The van der Waals surface area contributed by atoms with Crippen LogP contribution in [0.25, 0.3) is 0 Å². The quantitative estimate of drug-likeness (QED) is 0.390. The number of anilines is 3. The third-order valence-corrected chi connectivity index (χ3v) is 8.90. The van der Waals surface area contributed by atoms with Gasteiger partial charge in [0.2, 0.25) is 5.91 Å². The molecule has 1 amide bonds. The van der Waals surface area contributed by atoms with E-state index in [0.717, 1.165) is 19.7 Å². The fraction of sp³-hybridized carbons (Fsp3) is 0.269. The molecule has 0 aliphatic carbocycles. The number of hydrogen-bond acceptors (Lipinski definition) is 6. The van der Waals surface area contributed by atoms with Crippen LogP contribution in [0.5, 0.6) is 5.75 Å². The Morgan fingerprint density at radius 3 is 2.08 bits per heavy atom. The SMILES string of the molecule is COc1ccc(C)cc1NS(=O)(=O)c1ccc(NC(=O)CN(c2cc(C)ccc2C)S(=O)(=O)N(C)C)cc1. The topological polar surface area (TPSA) is 125 Å². The van der Waals surface area contributed by atoms with E-state index in [1.54, 1.807) is 37.3 Å². The summed E-state index contributed by atoms with van der Waals surface area (Å²) in [5.74, 6) is -0.210. The van der Waals surface area contributed by atoms with Gasteiger partial charge in [0, 0.05) is 19.8 Å². The summed E-state index contributed by atoms with van der Waals surface area (Å²) >= 11 is 0. The molecule has 0 aromatic heterocycles. The Balaban J connectivity index is 1.80. The first-order valence-electron chi connectivity index (χ1n) is 11.6. The minimum Gasteiger partial charge on any atom is -0.495 e. The molecule has 3 aromatic rings. The molecule has 204 valence electrons. The van der Waals surface area contributed by atoms with Crippen molar-refractivity contribution in [2.24, 2.45) is 0 Å². The van der Waals surface area contributed by atoms with Crippen molar-refractivity contribution in [1.29, 1.82) is 0 Å². The van der Waals surface area contributed by atoms with Crippen molar-refractivity contribution in [2.75, 3.05) is 42.1 Å². The Kier molecular flexibility index (Phi) is 8.70. The van der Waals surface area contributed by atoms with Gasteiger partial charge in [-0.2, -0.15) is 12.7 Å². The molecule has 3 aromatic carbocycles. The highest BCUT2D eigenvalue weighted by molar-refractivity contribution is 7.92. The van der Waals surface area contributed by atoms with E-state index in [1.165, 1.54) is 45.5 Å². The number of carbonyl (C=O) groups is 1. The molecule has 0 aliphatic heterocycles. The third kappa shape index (κ3) is 6.63. The summed E-state index contributed by atoms with van der Waals surface area (Å²) in [6.45, 7) is 4.97. The molecule has 0 heterocycles. The fourth-order valence-corrected chi connectivity index (χ4v) is 5.81. The van der Waals surface area contributed by atoms with Gasteiger partial charge in [0.15, 0.2) is 0 Å². The van der Waals surface area contributed by atoms with Crippen LogP contribution in [0.3, 0.4) is 0 Å². The number of methoxy groups -OCH3 is 1. The maximum atomic E-state index is 13.0. The molecule has 38 heavy (non-hydrogen) atoms. The number of ether oxygens (including phenoxy) is 1. The molecule has 0 radical (unpaired) electrons. The number of carbonyl (C=O) groups excluding carboxylic acids is 1. The van der Waals surface area contributed by atoms with Crippen LogP contribution in [-0.4, -0.2) is 54.8 Å². The van der Waals surface area contributed by atoms with E-state index in [1.807, 2.05) is 19.9 Å². The summed E-state index contributed by atoms with van der Waals surface area (Å²) in [4.78, 5) is 12.9. The molecule has 0 spiro atoms. The van der Waals surface area contributed by atoms with E-state index in [4.69, 9.17) is 4.74 Å². The van der Waals surface area contributed by atoms with Crippen LogP contribution in [0.4, 0.5) is 17.1 Å². The minimum atomic E-state index is -3.98. The highest BCUT2D eigenvalue weighted by atomic mass is 32.2. The average Bonchev–Trinajstić information content (AvgIpc) is 2.84. The second kappa shape index (κ2) is 11.4. The van der Waals surface area contributed by atoms with Crippen LogP contribution in [-0.2, 0) is 25.0 Å². The second-order valence-corrected chi connectivity index (χ2v) is 12.7. The van der Waals surface area contributed by atoms with Crippen molar-refractivity contribution >= 4 is 43.2 Å². The van der Waals surface area contributed by atoms with Gasteiger partial charge in [-0.1, -0.05) is 18.2 Å². The van der Waals surface area contributed by atoms with Gasteiger partial charge in [-0.15, -0.1) is 0 Å². The van der Waals surface area contributed by atoms with E-state index in [0.29, 0.717) is 28.4 Å². The van der Waals surface area contributed by atoms with Crippen LogP contribution in [0.1, 0.15) is 16.7 Å². The number of sulfonamides is 1. The van der Waals surface area contributed by atoms with Crippen LogP contribution >= 0.6 is 0 Å². The number of nitrogens with one attached hydrogen (secondary N) is 2. The van der Waals surface area contributed by atoms with E-state index >= 15 is 0 Å². The van der Waals surface area contributed by atoms with Gasteiger partial charge in [0.25, 0.3) is 10.0 Å². The molecule has 3 rings (SSSR count). The lowest BCUT2D eigenvalue weighted by molar-refractivity contribution is -0.114. The molecule has 0 bridgehead atoms. The normalized spacial score (nSPS) is 11.8. The number of aryl methyl sites for hydroxylation is 3. The first-order chi connectivity index (χ1) is 17.7. The van der Waals surface area contributed by atoms with Crippen LogP contribution in [0, 0.1) is 20.8 Å². The second-order valence-electron chi connectivity index (χ2n) is 8.97. The standard InChI is InChI=1S/C26H32N4O6S2/c1-18-8-14-25(36-6)23(15-18)28-37(32,33)22-12-10-21(11-13-22)27-26(31)17-30(38(34,35)29(4)5)24-16-19(2)7-9-20(24)3/h7-16,28H,17H2,1-6H3,(H,27,31). The maximum absolute atomic E-state index is 13.0. The van der Waals surface area contributed by atoms with Crippen LogP contribution in [0.2, 0.25) is 0 Å². The Morgan fingerprint density at radius 2 is 1.47 bits per heavy atom. The summed E-state index contributed by atoms with van der Waals surface area (Å²) in [7, 11) is -3.67. The van der Waals surface area contributed by atoms with Gasteiger partial charge in [-0.3, -0.25) is 9.52 Å². The molecule has 0 atom stereocenters. The lowest BCUT2D eigenvalue weighted by atomic mass is 10.1. The summed E-state index contributed by atoms with van der Waals surface area (Å²) in [6, 6.07) is 16.1. The zero-order chi connectivity index (χ0) is 28.3. The lowest BCUT2D eigenvalue weighted by Crippen LogP contribution is -2.44. The van der Waals surface area contributed by atoms with Gasteiger partial charge in [0.05, 0.1) is 23.4 Å². The molecular formula is C26H32N4O6S2. The monoisotopic (exact) mass is 560 g/mol. The van der Waals surface area contributed by atoms with Gasteiger partial charge >= 0.3 is 10.2 Å². The molecule has 0 saturated heterocycles. The van der Waals surface area contributed by atoms with Crippen molar-refractivity contribution in [3.05, 3.63) is 77.4 Å². The predicted molar refractivity (Wildman–Crippen MR) is 149 cm³/mol. The summed E-state index contributed by atoms with van der Waals surface area (Å²) in [5, 5.41) is 2.64. The smallest absolute Gasteiger partial charge is 0.304 e. The molecule has 0 unspecified atom stereocenters. The Morgan fingerprint density at radius 1 is 0.868 bits per heavy atom. The van der Waals surface area contributed by atoms with E-state index < -0.39 is 32.7 Å². The molecule has 0 saturated carbocycles. The summed E-state index contributed by atoms with van der Waals surface area (Å²) in [6.07, 6.45) is 0. The zero-order valence-corrected chi connectivity index (χ0v) is 23.8. The van der Waals surface area contributed by atoms with Gasteiger partial charge in [-0.25, -0.2) is 12.7 Å². The van der Waals surface area contributed by atoms with Crippen molar-refractivity contribution in [2.45, 2.75) is 25.7 Å². The highest BCUT2D eigenvalue weighted by Crippen LogP contribution is 2.28. The Bertz CT molecular complexity index is 1540. The summed E-state index contributed by atoms with van der Waals surface area (Å²) in [5.41, 5.74) is 3.41. The van der Waals surface area contributed by atoms with Crippen molar-refractivity contribution in [3.63, 3.8) is 0 Å². The number of hydrogen-bond donors (Lipinski definition) is 2. The number of amides is 1. The number of nitrogens with zero attached hydrogens (tertiary/aromatic N) is 2. The summed E-state index contributed by atoms with van der Waals surface area (Å²) < 4.78 is 61.8. The number of benzene rings is 3. The average molecular weight is 561 g/mol. The van der Waals surface area contributed by atoms with Gasteiger partial charge < -0.3 is 10.1 Å². The zero-order valence-electron chi connectivity index (χ0n) is 22.1. The lowest BCUT2D eigenvalue weighted by Gasteiger charge is -2.28. The predicted octanol–water partition coefficient (Wildman–Crippen LogP) is 3.67. The van der Waals surface area contributed by atoms with Gasteiger partial charge in [0.1, 0.15) is 12.3 Å². The molecule has 10 nitrogen and oxygen atoms in total. The van der Waals surface area contributed by atoms with E-state index in [-0.39, 0.29) is 4.90 Å². The van der Waals surface area contributed by atoms with Crippen LogP contribution < -0.4 is 19.1 Å². The van der Waals surface area contributed by atoms with Crippen LogP contribution in [0.15, 0.2) is 65.6 Å². The third-order valence-electron chi connectivity index (χ3n) is 5.71. The van der Waals surface area contributed by atoms with Crippen molar-refractivity contribution < 1.29 is 26.4 Å². The number of rotatable bonds is 10. The van der Waals surface area contributed by atoms with Crippen molar-refractivity contribution in [1.82, 2.24) is 4.31 Å². The van der Waals surface area contributed by atoms with Gasteiger partial charge in [-0.05, 0) is 79.9 Å². The van der Waals surface area contributed by atoms with Crippen molar-refractivity contribution in [3.8, 4) is 5.75 Å². The Labute approximate surface area is 224 Å².